The summed E-state index contributed by atoms with van der Waals surface area (Å²) in [5, 5.41) is 7.72. The number of hydrogen-bond donors (Lipinski definition) is 1. The molecule has 0 amide bonds. The lowest BCUT2D eigenvalue weighted by atomic mass is 9.94. The van der Waals surface area contributed by atoms with Crippen molar-refractivity contribution in [1.29, 1.82) is 0 Å². The van der Waals surface area contributed by atoms with Crippen LogP contribution in [0.3, 0.4) is 0 Å². The largest absolute Gasteiger partial charge is 0.487 e. The molecule has 0 radical (unpaired) electrons. The molecule has 0 unspecified atom stereocenters. The van der Waals surface area contributed by atoms with E-state index in [-0.39, 0.29) is 35.2 Å². The molecule has 0 saturated heterocycles. The van der Waals surface area contributed by atoms with E-state index in [1.54, 1.807) is 21.9 Å². The number of rotatable bonds is 7. The van der Waals surface area contributed by atoms with E-state index in [2.05, 4.69) is 9.97 Å². The lowest BCUT2D eigenvalue weighted by Crippen LogP contribution is -2.23. The minimum Gasteiger partial charge on any atom is -0.487 e. The number of nitrogen functional groups attached to an aromatic ring is 1. The quantitative estimate of drug-likeness (QED) is 0.218. The van der Waals surface area contributed by atoms with E-state index in [9.17, 15) is 4.79 Å². The Labute approximate surface area is 248 Å². The Balaban J connectivity index is 1.37. The van der Waals surface area contributed by atoms with Gasteiger partial charge in [-0.2, -0.15) is 5.10 Å². The van der Waals surface area contributed by atoms with Gasteiger partial charge in [0.25, 0.3) is 5.56 Å². The van der Waals surface area contributed by atoms with E-state index in [4.69, 9.17) is 27.2 Å². The number of nitrogens with zero attached hydrogens (tertiary/aromatic N) is 5. The monoisotopic (exact) mass is 598 g/mol. The number of anilines is 1. The van der Waals surface area contributed by atoms with Gasteiger partial charge in [-0.1, -0.05) is 41.9 Å². The molecule has 2 fully saturated rings. The fraction of sp³-hybridized carbons (Fsp3) is 0.226. The normalized spacial score (nSPS) is 15.9. The third kappa shape index (κ3) is 4.16. The molecule has 2 aliphatic rings. The molecule has 2 N–H and O–H groups in total. The van der Waals surface area contributed by atoms with Gasteiger partial charge >= 0.3 is 0 Å². The van der Waals surface area contributed by atoms with Crippen molar-refractivity contribution in [1.82, 2.24) is 24.1 Å². The highest BCUT2D eigenvalue weighted by molar-refractivity contribution is 7.16. The molecule has 2 saturated carbocycles. The van der Waals surface area contributed by atoms with E-state index in [0.29, 0.717) is 33.0 Å². The average molecular weight is 599 g/mol. The fourth-order valence-electron chi connectivity index (χ4n) is 5.68. The highest BCUT2D eigenvalue weighted by atomic mass is 35.5. The Kier molecular flexibility index (Phi) is 5.84. The van der Waals surface area contributed by atoms with Crippen LogP contribution in [-0.4, -0.2) is 30.3 Å². The van der Waals surface area contributed by atoms with Crippen molar-refractivity contribution in [3.05, 3.63) is 93.2 Å². The number of thiazole rings is 1. The second kappa shape index (κ2) is 9.64. The summed E-state index contributed by atoms with van der Waals surface area (Å²) in [4.78, 5) is 23.7. The van der Waals surface area contributed by atoms with Crippen LogP contribution in [0.25, 0.3) is 38.2 Å². The van der Waals surface area contributed by atoms with Gasteiger partial charge in [-0.25, -0.2) is 19.0 Å². The smallest absolute Gasteiger partial charge is 0.265 e. The average Bonchev–Trinajstić information content (AvgIpc) is 3.92. The van der Waals surface area contributed by atoms with Crippen molar-refractivity contribution in [3.8, 4) is 28.1 Å². The van der Waals surface area contributed by atoms with Crippen molar-refractivity contribution in [2.75, 3.05) is 5.73 Å². The number of ether oxygens (including phenoxy) is 1. The van der Waals surface area contributed by atoms with Crippen molar-refractivity contribution in [2.45, 2.75) is 37.8 Å². The summed E-state index contributed by atoms with van der Waals surface area (Å²) in [5.74, 6) is 0.220. The maximum absolute atomic E-state index is 15.2. The summed E-state index contributed by atoms with van der Waals surface area (Å²) in [5.41, 5.74) is 9.95. The van der Waals surface area contributed by atoms with Gasteiger partial charge in [-0.3, -0.25) is 9.20 Å². The van der Waals surface area contributed by atoms with Gasteiger partial charge in [0.1, 0.15) is 27.8 Å². The molecule has 11 heteroatoms. The number of benzene rings is 2. The Morgan fingerprint density at radius 3 is 2.60 bits per heavy atom. The Hall–Kier alpha value is -4.28. The lowest BCUT2D eigenvalue weighted by molar-refractivity contribution is 0.287. The zero-order valence-electron chi connectivity index (χ0n) is 22.2. The molecule has 42 heavy (non-hydrogen) atoms. The van der Waals surface area contributed by atoms with Crippen LogP contribution < -0.4 is 16.0 Å². The van der Waals surface area contributed by atoms with Crippen molar-refractivity contribution >= 4 is 44.6 Å². The third-order valence-electron chi connectivity index (χ3n) is 7.95. The zero-order valence-corrected chi connectivity index (χ0v) is 23.8. The number of pyridine rings is 1. The molecule has 2 aromatic carbocycles. The van der Waals surface area contributed by atoms with Gasteiger partial charge in [-0.15, -0.1) is 11.3 Å². The predicted molar refractivity (Wildman–Crippen MR) is 162 cm³/mol. The molecule has 8 rings (SSSR count). The molecule has 0 aliphatic heterocycles. The number of nitrogens with two attached hydrogens (primary N) is 1. The third-order valence-corrected chi connectivity index (χ3v) is 9.24. The topological polar surface area (TPSA) is 100 Å². The van der Waals surface area contributed by atoms with Crippen molar-refractivity contribution in [3.63, 3.8) is 0 Å². The first kappa shape index (κ1) is 25.4. The minimum absolute atomic E-state index is 0.0761. The van der Waals surface area contributed by atoms with Crippen LogP contribution in [0.4, 0.5) is 10.2 Å². The summed E-state index contributed by atoms with van der Waals surface area (Å²) < 4.78 is 24.3. The van der Waals surface area contributed by atoms with Crippen LogP contribution in [0.5, 0.6) is 5.75 Å². The summed E-state index contributed by atoms with van der Waals surface area (Å²) in [6.07, 6.45) is 5.28. The number of fused-ring (bicyclic) bond motifs is 2. The van der Waals surface area contributed by atoms with Crippen LogP contribution in [-0.2, 0) is 0 Å². The summed E-state index contributed by atoms with van der Waals surface area (Å²) >= 11 is 7.88. The van der Waals surface area contributed by atoms with Gasteiger partial charge in [-0.05, 0) is 67.0 Å². The molecular weight excluding hydrogens is 575 g/mol. The zero-order chi connectivity index (χ0) is 28.5. The van der Waals surface area contributed by atoms with E-state index in [1.807, 2.05) is 41.1 Å². The molecular formula is C31H24ClFN6O2S. The molecule has 0 spiro atoms. The Morgan fingerprint density at radius 2 is 1.86 bits per heavy atom. The van der Waals surface area contributed by atoms with E-state index in [0.717, 1.165) is 41.6 Å². The molecule has 4 aromatic heterocycles. The van der Waals surface area contributed by atoms with Gasteiger partial charge in [0.05, 0.1) is 23.1 Å². The predicted octanol–water partition coefficient (Wildman–Crippen LogP) is 6.75. The summed E-state index contributed by atoms with van der Waals surface area (Å²) in [6, 6.07) is 16.1. The second-order valence-corrected chi connectivity index (χ2v) is 12.2. The summed E-state index contributed by atoms with van der Waals surface area (Å²) in [7, 11) is 0. The first-order valence-corrected chi connectivity index (χ1v) is 15.1. The van der Waals surface area contributed by atoms with Crippen LogP contribution >= 0.6 is 22.9 Å². The maximum atomic E-state index is 15.2. The summed E-state index contributed by atoms with van der Waals surface area (Å²) in [6.45, 7) is 0. The number of halogens is 2. The minimum atomic E-state index is -0.462. The van der Waals surface area contributed by atoms with Crippen LogP contribution in [0.2, 0.25) is 5.15 Å². The van der Waals surface area contributed by atoms with Crippen LogP contribution in [0, 0.1) is 11.7 Å². The van der Waals surface area contributed by atoms with E-state index in [1.165, 1.54) is 23.7 Å². The highest BCUT2D eigenvalue weighted by Crippen LogP contribution is 2.48. The van der Waals surface area contributed by atoms with E-state index >= 15 is 4.39 Å². The van der Waals surface area contributed by atoms with Gasteiger partial charge in [0.15, 0.2) is 17.2 Å². The van der Waals surface area contributed by atoms with Crippen molar-refractivity contribution in [2.24, 2.45) is 5.92 Å². The second-order valence-electron chi connectivity index (χ2n) is 10.9. The van der Waals surface area contributed by atoms with Gasteiger partial charge in [0.2, 0.25) is 0 Å². The van der Waals surface area contributed by atoms with E-state index < -0.39 is 5.82 Å². The standard InChI is InChI=1S/C31H24ClFN6O2S/c32-23-14-42-24-13-20(25(31(40)38(23)24)16-4-2-1-3-5-16)28(17-6-7-17)39-30-26(29(34)35-15-36-30)27(37-39)18-8-11-22(21(33)12-18)41-19-9-10-19/h1-5,8,11-15,17,19,28H,6-7,9-10H2,(H2,34,35,36)/t28-/m0/s1. The Bertz CT molecular complexity index is 2070. The fourth-order valence-corrected chi connectivity index (χ4v) is 6.84. The first-order chi connectivity index (χ1) is 20.5. The molecule has 210 valence electrons. The SMILES string of the molecule is Nc1ncnc2c1c(-c1ccc(OC3CC3)c(F)c1)nn2[C@H](c1cc2scc(Cl)n2c(=O)c1-c1ccccc1)C1CC1. The van der Waals surface area contributed by atoms with Gasteiger partial charge < -0.3 is 10.5 Å². The van der Waals surface area contributed by atoms with Crippen LogP contribution in [0.1, 0.15) is 37.3 Å². The lowest BCUT2D eigenvalue weighted by Gasteiger charge is -2.22. The highest BCUT2D eigenvalue weighted by Gasteiger charge is 2.39. The maximum Gasteiger partial charge on any atom is 0.265 e. The van der Waals surface area contributed by atoms with Crippen LogP contribution in [0.15, 0.2) is 71.1 Å². The molecule has 6 aromatic rings. The van der Waals surface area contributed by atoms with Crippen molar-refractivity contribution < 1.29 is 9.13 Å². The first-order valence-electron chi connectivity index (χ1n) is 13.8. The number of hydrogen-bond acceptors (Lipinski definition) is 7. The molecule has 0 bridgehead atoms. The molecule has 2 aliphatic carbocycles. The molecule has 1 atom stereocenters. The van der Waals surface area contributed by atoms with Gasteiger partial charge in [0, 0.05) is 10.9 Å². The molecule has 8 nitrogen and oxygen atoms in total. The molecule has 4 heterocycles. The number of aromatic nitrogens is 5. The Morgan fingerprint density at radius 1 is 1.05 bits per heavy atom.